The fraction of sp³-hybridized carbons (Fsp3) is 0.588. The van der Waals surface area contributed by atoms with Gasteiger partial charge in [0.05, 0.1) is 16.1 Å². The van der Waals surface area contributed by atoms with Gasteiger partial charge in [-0.25, -0.2) is 4.79 Å². The lowest BCUT2D eigenvalue weighted by molar-refractivity contribution is -0.00823. The van der Waals surface area contributed by atoms with E-state index in [1.54, 1.807) is 11.0 Å². The topological polar surface area (TPSA) is 49.8 Å². The van der Waals surface area contributed by atoms with E-state index in [0.29, 0.717) is 36.0 Å². The molecule has 0 radical (unpaired) electrons. The van der Waals surface area contributed by atoms with Crippen LogP contribution >= 0.6 is 23.2 Å². The van der Waals surface area contributed by atoms with Crippen LogP contribution in [0.3, 0.4) is 0 Å². The molecular formula is C17H23Cl2NO3. The van der Waals surface area contributed by atoms with Gasteiger partial charge in [0.2, 0.25) is 0 Å². The number of likely N-dealkylation sites (tertiary alicyclic amines) is 1. The second-order valence-corrected chi connectivity index (χ2v) is 7.74. The van der Waals surface area contributed by atoms with Gasteiger partial charge in [0.1, 0.15) is 5.60 Å². The van der Waals surface area contributed by atoms with Crippen LogP contribution in [0, 0.1) is 5.92 Å². The van der Waals surface area contributed by atoms with Crippen molar-refractivity contribution in [3.05, 3.63) is 33.8 Å². The highest BCUT2D eigenvalue weighted by molar-refractivity contribution is 6.42. The molecule has 1 N–H and O–H groups in total. The Balaban J connectivity index is 2.06. The van der Waals surface area contributed by atoms with E-state index in [4.69, 9.17) is 27.9 Å². The van der Waals surface area contributed by atoms with Gasteiger partial charge in [-0.2, -0.15) is 0 Å². The molecule has 2 rings (SSSR count). The largest absolute Gasteiger partial charge is 0.444 e. The second-order valence-electron chi connectivity index (χ2n) is 6.96. The third kappa shape index (κ3) is 5.00. The lowest BCUT2D eigenvalue weighted by Gasteiger charge is -2.37. The number of hydrogen-bond acceptors (Lipinski definition) is 3. The Morgan fingerprint density at radius 3 is 2.74 bits per heavy atom. The lowest BCUT2D eigenvalue weighted by Crippen LogP contribution is -2.48. The maximum Gasteiger partial charge on any atom is 0.410 e. The zero-order chi connectivity index (χ0) is 17.2. The van der Waals surface area contributed by atoms with E-state index in [9.17, 15) is 9.90 Å². The van der Waals surface area contributed by atoms with Gasteiger partial charge in [0.25, 0.3) is 0 Å². The Morgan fingerprint density at radius 2 is 2.09 bits per heavy atom. The van der Waals surface area contributed by atoms with E-state index in [2.05, 4.69) is 0 Å². The quantitative estimate of drug-likeness (QED) is 0.862. The van der Waals surface area contributed by atoms with Crippen molar-refractivity contribution < 1.29 is 14.6 Å². The van der Waals surface area contributed by atoms with Crippen molar-refractivity contribution in [1.82, 2.24) is 4.90 Å². The molecule has 0 aliphatic carbocycles. The number of carbonyl (C=O) groups is 1. The molecule has 1 heterocycles. The fourth-order valence-corrected chi connectivity index (χ4v) is 3.10. The zero-order valence-corrected chi connectivity index (χ0v) is 15.2. The number of aliphatic hydroxyl groups is 1. The van der Waals surface area contributed by atoms with Gasteiger partial charge in [0, 0.05) is 19.0 Å². The van der Waals surface area contributed by atoms with Crippen LogP contribution < -0.4 is 0 Å². The average molecular weight is 360 g/mol. The highest BCUT2D eigenvalue weighted by Crippen LogP contribution is 2.30. The van der Waals surface area contributed by atoms with Crippen molar-refractivity contribution in [2.75, 3.05) is 13.1 Å². The predicted octanol–water partition coefficient (Wildman–Crippen LogP) is 4.15. The van der Waals surface area contributed by atoms with Crippen LogP contribution in [0.15, 0.2) is 18.2 Å². The van der Waals surface area contributed by atoms with Crippen LogP contribution in [0.4, 0.5) is 4.79 Å². The molecule has 23 heavy (non-hydrogen) atoms. The molecule has 4 nitrogen and oxygen atoms in total. The van der Waals surface area contributed by atoms with Crippen molar-refractivity contribution in [2.45, 2.75) is 45.3 Å². The molecule has 0 spiro atoms. The van der Waals surface area contributed by atoms with Crippen LogP contribution in [0.25, 0.3) is 0 Å². The van der Waals surface area contributed by atoms with Crippen LogP contribution in [0.1, 0.15) is 32.8 Å². The molecule has 0 aromatic heterocycles. The van der Waals surface area contributed by atoms with E-state index in [1.807, 2.05) is 32.9 Å². The minimum absolute atomic E-state index is 0.0905. The Kier molecular flexibility index (Phi) is 5.82. The third-order valence-corrected chi connectivity index (χ3v) is 4.72. The van der Waals surface area contributed by atoms with E-state index < -0.39 is 11.7 Å². The number of hydrogen-bond donors (Lipinski definition) is 1. The summed E-state index contributed by atoms with van der Waals surface area (Å²) in [4.78, 5) is 13.9. The third-order valence-electron chi connectivity index (χ3n) is 3.86. The number of carbonyl (C=O) groups excluding carboxylic acids is 1. The average Bonchev–Trinajstić information content (AvgIpc) is 2.44. The van der Waals surface area contributed by atoms with E-state index in [1.165, 1.54) is 0 Å². The molecule has 0 bridgehead atoms. The number of rotatable bonds is 2. The Labute approximate surface area is 147 Å². The molecule has 2 atom stereocenters. The number of amides is 1. The summed E-state index contributed by atoms with van der Waals surface area (Å²) < 4.78 is 5.41. The maximum absolute atomic E-state index is 12.2. The molecule has 1 saturated heterocycles. The van der Waals surface area contributed by atoms with Crippen molar-refractivity contribution in [3.8, 4) is 0 Å². The van der Waals surface area contributed by atoms with Crippen molar-refractivity contribution in [2.24, 2.45) is 5.92 Å². The Hall–Kier alpha value is -0.970. The summed E-state index contributed by atoms with van der Waals surface area (Å²) in [5, 5.41) is 11.3. The molecule has 1 aliphatic rings. The summed E-state index contributed by atoms with van der Waals surface area (Å²) >= 11 is 12.3. The van der Waals surface area contributed by atoms with Crippen LogP contribution in [-0.4, -0.2) is 40.9 Å². The summed E-state index contributed by atoms with van der Waals surface area (Å²) in [7, 11) is 0. The van der Waals surface area contributed by atoms with Gasteiger partial charge in [0.15, 0.2) is 0 Å². The van der Waals surface area contributed by atoms with Crippen LogP contribution in [-0.2, 0) is 11.2 Å². The van der Waals surface area contributed by atoms with Gasteiger partial charge < -0.3 is 14.7 Å². The van der Waals surface area contributed by atoms with Crippen molar-refractivity contribution in [1.29, 1.82) is 0 Å². The van der Waals surface area contributed by atoms with Gasteiger partial charge >= 0.3 is 6.09 Å². The summed E-state index contributed by atoms with van der Waals surface area (Å²) in [5.74, 6) is -0.0905. The minimum atomic E-state index is -0.529. The van der Waals surface area contributed by atoms with Crippen molar-refractivity contribution in [3.63, 3.8) is 0 Å². The molecular weight excluding hydrogens is 337 g/mol. The number of ether oxygens (including phenoxy) is 1. The lowest BCUT2D eigenvalue weighted by atomic mass is 9.89. The molecule has 128 valence electrons. The summed E-state index contributed by atoms with van der Waals surface area (Å²) in [6.07, 6.45) is 0.289. The summed E-state index contributed by atoms with van der Waals surface area (Å²) in [6, 6.07) is 5.47. The molecule has 2 unspecified atom stereocenters. The first-order valence-electron chi connectivity index (χ1n) is 7.76. The van der Waals surface area contributed by atoms with Crippen LogP contribution in [0.2, 0.25) is 10.0 Å². The van der Waals surface area contributed by atoms with Gasteiger partial charge in [-0.1, -0.05) is 35.3 Å². The predicted molar refractivity (Wildman–Crippen MR) is 92.1 cm³/mol. The van der Waals surface area contributed by atoms with Gasteiger partial charge in [-0.3, -0.25) is 0 Å². The van der Waals surface area contributed by atoms with E-state index in [-0.39, 0.29) is 12.0 Å². The molecule has 1 aromatic rings. The highest BCUT2D eigenvalue weighted by atomic mass is 35.5. The first-order chi connectivity index (χ1) is 10.7. The SMILES string of the molecule is CC(C)(C)OC(=O)N1CCC(O)C(Cc2cccc(Cl)c2Cl)C1. The Morgan fingerprint density at radius 1 is 1.39 bits per heavy atom. The Bertz CT molecular complexity index is 571. The monoisotopic (exact) mass is 359 g/mol. The van der Waals surface area contributed by atoms with Gasteiger partial charge in [-0.15, -0.1) is 0 Å². The number of benzene rings is 1. The zero-order valence-electron chi connectivity index (χ0n) is 13.7. The summed E-state index contributed by atoms with van der Waals surface area (Å²) in [6.45, 7) is 6.46. The molecule has 0 saturated carbocycles. The molecule has 1 fully saturated rings. The van der Waals surface area contributed by atoms with E-state index in [0.717, 1.165) is 5.56 Å². The number of aliphatic hydroxyl groups excluding tert-OH is 1. The first kappa shape index (κ1) is 18.4. The van der Waals surface area contributed by atoms with Crippen LogP contribution in [0.5, 0.6) is 0 Å². The van der Waals surface area contributed by atoms with Crippen molar-refractivity contribution >= 4 is 29.3 Å². The maximum atomic E-state index is 12.2. The molecule has 1 aromatic carbocycles. The number of halogens is 2. The molecule has 1 aliphatic heterocycles. The molecule has 1 amide bonds. The van der Waals surface area contributed by atoms with E-state index >= 15 is 0 Å². The minimum Gasteiger partial charge on any atom is -0.444 e. The number of piperidine rings is 1. The summed E-state index contributed by atoms with van der Waals surface area (Å²) in [5.41, 5.74) is 0.355. The normalized spacial score (nSPS) is 22.1. The number of nitrogens with zero attached hydrogens (tertiary/aromatic N) is 1. The highest BCUT2D eigenvalue weighted by Gasteiger charge is 2.33. The molecule has 6 heteroatoms. The standard InChI is InChI=1S/C17H23Cl2NO3/c1-17(2,3)23-16(22)20-8-7-14(21)12(10-20)9-11-5-4-6-13(18)15(11)19/h4-6,12,14,21H,7-10H2,1-3H3. The second kappa shape index (κ2) is 7.29. The fourth-order valence-electron chi connectivity index (χ4n) is 2.70. The first-order valence-corrected chi connectivity index (χ1v) is 8.52. The van der Waals surface area contributed by atoms with Gasteiger partial charge in [-0.05, 0) is 45.2 Å². The smallest absolute Gasteiger partial charge is 0.410 e.